The third kappa shape index (κ3) is 7.81. The van der Waals surface area contributed by atoms with Gasteiger partial charge in [-0.05, 0) is 42.3 Å². The monoisotopic (exact) mass is 434 g/mol. The third-order valence-electron chi connectivity index (χ3n) is 3.84. The maximum Gasteiger partial charge on any atom is 0.466 e. The summed E-state index contributed by atoms with van der Waals surface area (Å²) in [4.78, 5) is 40.3. The molecule has 0 saturated carbocycles. The molecule has 3 aromatic rings. The first-order chi connectivity index (χ1) is 14.2. The van der Waals surface area contributed by atoms with Crippen LogP contribution in [0.15, 0.2) is 42.5 Å². The van der Waals surface area contributed by atoms with Crippen LogP contribution in [0.4, 0.5) is 0 Å². The molecule has 0 spiro atoms. The number of carboxylic acids is 1. The van der Waals surface area contributed by atoms with Gasteiger partial charge in [-0.15, -0.1) is 0 Å². The van der Waals surface area contributed by atoms with Crippen LogP contribution in [0.25, 0.3) is 23.2 Å². The molecular weight excluding hydrogens is 411 g/mol. The molecule has 0 radical (unpaired) electrons. The predicted molar refractivity (Wildman–Crippen MR) is 113 cm³/mol. The largest absolute Gasteiger partial charge is 0.494 e. The molecule has 0 amide bonds. The van der Waals surface area contributed by atoms with Crippen LogP contribution in [0.1, 0.15) is 41.5 Å². The lowest BCUT2D eigenvalue weighted by Crippen LogP contribution is -1.96. The van der Waals surface area contributed by atoms with Crippen molar-refractivity contribution in [1.82, 2.24) is 9.97 Å². The van der Waals surface area contributed by atoms with Crippen molar-refractivity contribution in [2.75, 3.05) is 6.61 Å². The number of rotatable bonds is 7. The van der Waals surface area contributed by atoms with Gasteiger partial charge in [0, 0.05) is 0 Å². The summed E-state index contributed by atoms with van der Waals surface area (Å²) in [7, 11) is -4.64. The van der Waals surface area contributed by atoms with Gasteiger partial charge in [0.05, 0.1) is 17.7 Å². The lowest BCUT2D eigenvalue weighted by molar-refractivity contribution is 0.0698. The van der Waals surface area contributed by atoms with Crippen LogP contribution in [0.2, 0.25) is 0 Å². The first kappa shape index (κ1) is 23.3. The molecule has 0 fully saturated rings. The number of nitrogens with zero attached hydrogens (tertiary/aromatic N) is 1. The summed E-state index contributed by atoms with van der Waals surface area (Å²) in [5.74, 6) is 0.499. The molecule has 0 unspecified atom stereocenters. The van der Waals surface area contributed by atoms with E-state index in [9.17, 15) is 9.90 Å². The van der Waals surface area contributed by atoms with E-state index in [4.69, 9.17) is 24.0 Å². The SMILES string of the molecule is CCCCOc1ccc(C=Cc2nc3c(C(=O)O)cccc3[nH]2)cc1.O=P(O)(O)O. The van der Waals surface area contributed by atoms with Crippen molar-refractivity contribution in [3.63, 3.8) is 0 Å². The highest BCUT2D eigenvalue weighted by molar-refractivity contribution is 7.45. The van der Waals surface area contributed by atoms with E-state index in [0.717, 1.165) is 30.8 Å². The number of carboxylic acid groups (broad SMARTS) is 1. The number of para-hydroxylation sites is 1. The van der Waals surface area contributed by atoms with E-state index < -0.39 is 13.8 Å². The van der Waals surface area contributed by atoms with Crippen LogP contribution in [-0.2, 0) is 4.57 Å². The molecule has 9 nitrogen and oxygen atoms in total. The normalized spacial score (nSPS) is 11.3. The van der Waals surface area contributed by atoms with Crippen LogP contribution < -0.4 is 4.74 Å². The lowest BCUT2D eigenvalue weighted by atomic mass is 10.2. The van der Waals surface area contributed by atoms with Crippen molar-refractivity contribution in [2.45, 2.75) is 19.8 Å². The second-order valence-electron chi connectivity index (χ2n) is 6.25. The Balaban J connectivity index is 0.000000575. The fourth-order valence-electron chi connectivity index (χ4n) is 2.49. The van der Waals surface area contributed by atoms with Gasteiger partial charge >= 0.3 is 13.8 Å². The van der Waals surface area contributed by atoms with E-state index in [1.165, 1.54) is 0 Å². The maximum atomic E-state index is 11.2. The van der Waals surface area contributed by atoms with Crippen molar-refractivity contribution in [2.24, 2.45) is 0 Å². The average molecular weight is 434 g/mol. The van der Waals surface area contributed by atoms with Crippen LogP contribution in [0.5, 0.6) is 5.75 Å². The number of aromatic amines is 1. The molecule has 0 aliphatic heterocycles. The zero-order valence-electron chi connectivity index (χ0n) is 16.2. The number of ether oxygens (including phenoxy) is 1. The van der Waals surface area contributed by atoms with Gasteiger partial charge in [0.25, 0.3) is 0 Å². The summed E-state index contributed by atoms with van der Waals surface area (Å²) in [6.45, 7) is 2.87. The van der Waals surface area contributed by atoms with Gasteiger partial charge in [-0.25, -0.2) is 14.3 Å². The Bertz CT molecular complexity index is 1050. The lowest BCUT2D eigenvalue weighted by Gasteiger charge is -2.04. The quantitative estimate of drug-likeness (QED) is 0.279. The third-order valence-corrected chi connectivity index (χ3v) is 3.84. The summed E-state index contributed by atoms with van der Waals surface area (Å²) < 4.78 is 14.5. The maximum absolute atomic E-state index is 11.2. The number of aromatic carboxylic acids is 1. The molecule has 0 aliphatic carbocycles. The molecule has 0 saturated heterocycles. The summed E-state index contributed by atoms with van der Waals surface area (Å²) >= 11 is 0. The van der Waals surface area contributed by atoms with E-state index in [0.29, 0.717) is 16.9 Å². The number of phosphoric acid groups is 1. The second kappa shape index (κ2) is 10.7. The van der Waals surface area contributed by atoms with E-state index in [1.54, 1.807) is 12.1 Å². The molecule has 10 heteroatoms. The highest BCUT2D eigenvalue weighted by Gasteiger charge is 2.11. The summed E-state index contributed by atoms with van der Waals surface area (Å²) in [5, 5.41) is 9.22. The number of aromatic nitrogens is 2. The van der Waals surface area contributed by atoms with Crippen LogP contribution in [0.3, 0.4) is 0 Å². The number of benzene rings is 2. The summed E-state index contributed by atoms with van der Waals surface area (Å²) in [6, 6.07) is 12.9. The fourth-order valence-corrected chi connectivity index (χ4v) is 2.49. The van der Waals surface area contributed by atoms with Gasteiger partial charge in [0.1, 0.15) is 17.1 Å². The van der Waals surface area contributed by atoms with E-state index in [-0.39, 0.29) is 5.56 Å². The Hall–Kier alpha value is -2.97. The Morgan fingerprint density at radius 3 is 2.40 bits per heavy atom. The number of H-pyrrole nitrogens is 1. The highest BCUT2D eigenvalue weighted by atomic mass is 31.2. The Kier molecular flexibility index (Phi) is 8.32. The van der Waals surface area contributed by atoms with Crippen LogP contribution >= 0.6 is 7.82 Å². The second-order valence-corrected chi connectivity index (χ2v) is 7.27. The number of carbonyl (C=O) groups is 1. The number of hydrogen-bond donors (Lipinski definition) is 5. The molecule has 1 heterocycles. The number of fused-ring (bicyclic) bond motifs is 1. The van der Waals surface area contributed by atoms with Gasteiger partial charge in [-0.3, -0.25) is 0 Å². The van der Waals surface area contributed by atoms with Crippen LogP contribution in [-0.4, -0.2) is 42.3 Å². The number of imidazole rings is 1. The number of hydrogen-bond acceptors (Lipinski definition) is 4. The van der Waals surface area contributed by atoms with Crippen molar-refractivity contribution in [3.8, 4) is 5.75 Å². The van der Waals surface area contributed by atoms with Gasteiger partial charge in [0.2, 0.25) is 0 Å². The minimum absolute atomic E-state index is 0.196. The standard InChI is InChI=1S/C20H20N2O3.H3O4P/c1-2-3-13-25-15-10-7-14(8-11-15)9-12-18-21-17-6-4-5-16(20(23)24)19(17)22-18;1-5(2,3)4/h4-12H,2-3,13H2,1H3,(H,21,22)(H,23,24);(H3,1,2,3,4). The van der Waals surface area contributed by atoms with Crippen molar-refractivity contribution in [3.05, 3.63) is 59.4 Å². The van der Waals surface area contributed by atoms with E-state index in [1.807, 2.05) is 42.5 Å². The molecule has 0 atom stereocenters. The summed E-state index contributed by atoms with van der Waals surface area (Å²) in [6.07, 6.45) is 5.92. The molecule has 0 aliphatic rings. The average Bonchev–Trinajstić information content (AvgIpc) is 3.09. The molecule has 30 heavy (non-hydrogen) atoms. The van der Waals surface area contributed by atoms with Gasteiger partial charge in [0.15, 0.2) is 0 Å². The van der Waals surface area contributed by atoms with Gasteiger partial charge in [-0.1, -0.05) is 37.6 Å². The van der Waals surface area contributed by atoms with Gasteiger partial charge in [-0.2, -0.15) is 0 Å². The minimum atomic E-state index is -4.64. The Morgan fingerprint density at radius 1 is 1.13 bits per heavy atom. The zero-order valence-corrected chi connectivity index (χ0v) is 17.1. The molecule has 1 aromatic heterocycles. The first-order valence-electron chi connectivity index (χ1n) is 9.08. The van der Waals surface area contributed by atoms with E-state index in [2.05, 4.69) is 16.9 Å². The first-order valence-corrected chi connectivity index (χ1v) is 10.6. The summed E-state index contributed by atoms with van der Waals surface area (Å²) in [5.41, 5.74) is 2.39. The minimum Gasteiger partial charge on any atom is -0.494 e. The van der Waals surface area contributed by atoms with Crippen LogP contribution in [0, 0.1) is 0 Å². The van der Waals surface area contributed by atoms with Crippen molar-refractivity contribution < 1.29 is 33.9 Å². The highest BCUT2D eigenvalue weighted by Crippen LogP contribution is 2.25. The Labute approximate surface area is 172 Å². The predicted octanol–water partition coefficient (Wildman–Crippen LogP) is 3.68. The molecule has 0 bridgehead atoms. The molecular formula is C20H23N2O7P. The topological polar surface area (TPSA) is 153 Å². The Morgan fingerprint density at radius 2 is 1.80 bits per heavy atom. The van der Waals surface area contributed by atoms with Crippen molar-refractivity contribution >= 4 is 37.0 Å². The molecule has 5 N–H and O–H groups in total. The number of unbranched alkanes of at least 4 members (excludes halogenated alkanes) is 1. The van der Waals surface area contributed by atoms with E-state index >= 15 is 0 Å². The van der Waals surface area contributed by atoms with Crippen molar-refractivity contribution in [1.29, 1.82) is 0 Å². The fraction of sp³-hybridized carbons (Fsp3) is 0.200. The molecule has 2 aromatic carbocycles. The molecule has 160 valence electrons. The molecule has 3 rings (SSSR count). The smallest absolute Gasteiger partial charge is 0.466 e. The number of nitrogens with one attached hydrogen (secondary N) is 1. The van der Waals surface area contributed by atoms with Gasteiger partial charge < -0.3 is 29.5 Å². The zero-order chi connectivity index (χ0) is 22.1.